The number of benzene rings is 2. The van der Waals surface area contributed by atoms with Crippen LogP contribution in [0.5, 0.6) is 0 Å². The van der Waals surface area contributed by atoms with Crippen LogP contribution in [0, 0.1) is 0 Å². The van der Waals surface area contributed by atoms with Gasteiger partial charge in [0.1, 0.15) is 0 Å². The standard InChI is InChI=1S/C24H30N2O2/c1-23(2)18-24(3,19-9-5-4-6-10-19)20-11-7-8-12-21(20)26(23)22(27)17-25-13-15-28-16-14-25/h4-12H,13-18H2,1-3H3/t24-/m1/s1. The molecule has 28 heavy (non-hydrogen) atoms. The average molecular weight is 379 g/mol. The number of morpholine rings is 1. The summed E-state index contributed by atoms with van der Waals surface area (Å²) in [4.78, 5) is 17.7. The number of amides is 1. The minimum atomic E-state index is -0.275. The zero-order valence-corrected chi connectivity index (χ0v) is 17.1. The summed E-state index contributed by atoms with van der Waals surface area (Å²) in [6, 6.07) is 19.1. The zero-order chi connectivity index (χ0) is 19.8. The van der Waals surface area contributed by atoms with Crippen molar-refractivity contribution in [2.45, 2.75) is 38.1 Å². The Hall–Kier alpha value is -2.17. The first-order valence-electron chi connectivity index (χ1n) is 10.2. The van der Waals surface area contributed by atoms with Gasteiger partial charge in [0.05, 0.1) is 19.8 Å². The van der Waals surface area contributed by atoms with Crippen molar-refractivity contribution in [2.75, 3.05) is 37.7 Å². The lowest BCUT2D eigenvalue weighted by molar-refractivity contribution is -0.122. The van der Waals surface area contributed by atoms with E-state index in [1.165, 1.54) is 11.1 Å². The van der Waals surface area contributed by atoms with Crippen molar-refractivity contribution >= 4 is 11.6 Å². The van der Waals surface area contributed by atoms with E-state index in [-0.39, 0.29) is 16.9 Å². The van der Waals surface area contributed by atoms with Gasteiger partial charge in [-0.1, -0.05) is 55.5 Å². The van der Waals surface area contributed by atoms with Gasteiger partial charge in [-0.15, -0.1) is 0 Å². The number of rotatable bonds is 3. The highest BCUT2D eigenvalue weighted by atomic mass is 16.5. The fourth-order valence-corrected chi connectivity index (χ4v) is 5.06. The third kappa shape index (κ3) is 3.36. The monoisotopic (exact) mass is 378 g/mol. The summed E-state index contributed by atoms with van der Waals surface area (Å²) >= 11 is 0. The summed E-state index contributed by atoms with van der Waals surface area (Å²) in [6.45, 7) is 10.2. The minimum absolute atomic E-state index is 0.128. The molecule has 1 amide bonds. The van der Waals surface area contributed by atoms with Gasteiger partial charge >= 0.3 is 0 Å². The molecule has 4 rings (SSSR count). The van der Waals surface area contributed by atoms with Crippen molar-refractivity contribution in [1.82, 2.24) is 4.90 Å². The lowest BCUT2D eigenvalue weighted by Crippen LogP contribution is -2.58. The van der Waals surface area contributed by atoms with E-state index < -0.39 is 0 Å². The predicted molar refractivity (Wildman–Crippen MR) is 113 cm³/mol. The number of hydrogen-bond donors (Lipinski definition) is 0. The molecule has 2 aromatic carbocycles. The molecule has 0 unspecified atom stereocenters. The van der Waals surface area contributed by atoms with Crippen molar-refractivity contribution in [2.24, 2.45) is 0 Å². The summed E-state index contributed by atoms with van der Waals surface area (Å²) in [5, 5.41) is 0. The molecule has 148 valence electrons. The molecule has 1 fully saturated rings. The minimum Gasteiger partial charge on any atom is -0.379 e. The number of para-hydroxylation sites is 1. The van der Waals surface area contributed by atoms with Crippen LogP contribution in [0.15, 0.2) is 54.6 Å². The molecular weight excluding hydrogens is 348 g/mol. The molecule has 0 saturated carbocycles. The van der Waals surface area contributed by atoms with Crippen LogP contribution in [0.4, 0.5) is 5.69 Å². The summed E-state index contributed by atoms with van der Waals surface area (Å²) in [7, 11) is 0. The first-order valence-corrected chi connectivity index (χ1v) is 10.2. The summed E-state index contributed by atoms with van der Waals surface area (Å²) in [5.74, 6) is 0.175. The second-order valence-corrected chi connectivity index (χ2v) is 8.82. The molecule has 0 spiro atoms. The van der Waals surface area contributed by atoms with Crippen molar-refractivity contribution in [3.8, 4) is 0 Å². The van der Waals surface area contributed by atoms with Crippen molar-refractivity contribution < 1.29 is 9.53 Å². The van der Waals surface area contributed by atoms with Crippen LogP contribution < -0.4 is 4.90 Å². The summed E-state index contributed by atoms with van der Waals surface area (Å²) < 4.78 is 5.43. The van der Waals surface area contributed by atoms with Gasteiger partial charge in [0.25, 0.3) is 0 Å². The van der Waals surface area contributed by atoms with Crippen LogP contribution in [-0.4, -0.2) is 49.2 Å². The van der Waals surface area contributed by atoms with Crippen LogP contribution in [0.2, 0.25) is 0 Å². The number of carbonyl (C=O) groups excluding carboxylic acids is 1. The molecule has 2 aliphatic rings. The molecule has 2 heterocycles. The maximum atomic E-state index is 13.4. The van der Waals surface area contributed by atoms with E-state index in [2.05, 4.69) is 74.2 Å². The van der Waals surface area contributed by atoms with Crippen LogP contribution in [0.3, 0.4) is 0 Å². The van der Waals surface area contributed by atoms with Gasteiger partial charge in [0.2, 0.25) is 5.91 Å². The molecule has 1 saturated heterocycles. The quantitative estimate of drug-likeness (QED) is 0.814. The van der Waals surface area contributed by atoms with Crippen LogP contribution >= 0.6 is 0 Å². The predicted octanol–water partition coefficient (Wildman–Crippen LogP) is 3.84. The Labute approximate surface area is 168 Å². The maximum absolute atomic E-state index is 13.4. The highest BCUT2D eigenvalue weighted by molar-refractivity contribution is 5.98. The van der Waals surface area contributed by atoms with Crippen molar-refractivity contribution in [3.05, 3.63) is 65.7 Å². The number of fused-ring (bicyclic) bond motifs is 1. The number of ether oxygens (including phenoxy) is 1. The molecule has 0 aromatic heterocycles. The van der Waals surface area contributed by atoms with E-state index in [0.717, 1.165) is 25.2 Å². The van der Waals surface area contributed by atoms with E-state index in [1.807, 2.05) is 11.0 Å². The van der Waals surface area contributed by atoms with Gasteiger partial charge in [0, 0.05) is 29.7 Å². The Morgan fingerprint density at radius 3 is 2.32 bits per heavy atom. The first-order chi connectivity index (χ1) is 13.4. The van der Waals surface area contributed by atoms with Gasteiger partial charge in [-0.05, 0) is 37.5 Å². The van der Waals surface area contributed by atoms with Crippen molar-refractivity contribution in [3.63, 3.8) is 0 Å². The Morgan fingerprint density at radius 2 is 1.61 bits per heavy atom. The first kappa shape index (κ1) is 19.2. The second kappa shape index (κ2) is 7.34. The second-order valence-electron chi connectivity index (χ2n) is 8.82. The van der Waals surface area contributed by atoms with Gasteiger partial charge in [-0.3, -0.25) is 9.69 Å². The molecule has 0 N–H and O–H groups in total. The maximum Gasteiger partial charge on any atom is 0.241 e. The topological polar surface area (TPSA) is 32.8 Å². The molecule has 4 heteroatoms. The molecular formula is C24H30N2O2. The van der Waals surface area contributed by atoms with Crippen molar-refractivity contribution in [1.29, 1.82) is 0 Å². The van der Waals surface area contributed by atoms with Gasteiger partial charge in [-0.2, -0.15) is 0 Å². The summed E-state index contributed by atoms with van der Waals surface area (Å²) in [5.41, 5.74) is 3.18. The Balaban J connectivity index is 1.73. The third-order valence-electron chi connectivity index (χ3n) is 6.25. The SMILES string of the molecule is CC1(C)C[C@](C)(c2ccccc2)c2ccccc2N1C(=O)CN1CCOCC1. The molecule has 0 radical (unpaired) electrons. The third-order valence-corrected chi connectivity index (χ3v) is 6.25. The normalized spacial score (nSPS) is 24.6. The van der Waals surface area contributed by atoms with E-state index in [0.29, 0.717) is 19.8 Å². The smallest absolute Gasteiger partial charge is 0.241 e. The number of hydrogen-bond acceptors (Lipinski definition) is 3. The molecule has 4 nitrogen and oxygen atoms in total. The van der Waals surface area contributed by atoms with Gasteiger partial charge in [0.15, 0.2) is 0 Å². The van der Waals surface area contributed by atoms with E-state index in [4.69, 9.17) is 4.74 Å². The summed E-state index contributed by atoms with van der Waals surface area (Å²) in [6.07, 6.45) is 0.885. The molecule has 0 aliphatic carbocycles. The Kier molecular flexibility index (Phi) is 5.02. The highest BCUT2D eigenvalue weighted by Crippen LogP contribution is 2.50. The van der Waals surface area contributed by atoms with Crippen LogP contribution in [-0.2, 0) is 14.9 Å². The largest absolute Gasteiger partial charge is 0.379 e. The zero-order valence-electron chi connectivity index (χ0n) is 17.1. The number of carbonyl (C=O) groups is 1. The van der Waals surface area contributed by atoms with Crippen LogP contribution in [0.1, 0.15) is 38.3 Å². The Morgan fingerprint density at radius 1 is 0.964 bits per heavy atom. The van der Waals surface area contributed by atoms with Gasteiger partial charge in [-0.25, -0.2) is 0 Å². The molecule has 2 aliphatic heterocycles. The van der Waals surface area contributed by atoms with Crippen LogP contribution in [0.25, 0.3) is 0 Å². The Bertz CT molecular complexity index is 843. The lowest BCUT2D eigenvalue weighted by Gasteiger charge is -2.51. The number of nitrogens with zero attached hydrogens (tertiary/aromatic N) is 2. The van der Waals surface area contributed by atoms with E-state index in [9.17, 15) is 4.79 Å². The average Bonchev–Trinajstić information content (AvgIpc) is 2.69. The highest BCUT2D eigenvalue weighted by Gasteiger charge is 2.47. The molecule has 2 aromatic rings. The number of anilines is 1. The van der Waals surface area contributed by atoms with Gasteiger partial charge < -0.3 is 9.64 Å². The van der Waals surface area contributed by atoms with E-state index in [1.54, 1.807) is 0 Å². The fourth-order valence-electron chi connectivity index (χ4n) is 5.06. The molecule has 0 bridgehead atoms. The fraction of sp³-hybridized carbons (Fsp3) is 0.458. The van der Waals surface area contributed by atoms with E-state index >= 15 is 0 Å². The lowest BCUT2D eigenvalue weighted by atomic mass is 9.65. The molecule has 1 atom stereocenters.